The van der Waals surface area contributed by atoms with Crippen LogP contribution in [0.5, 0.6) is 0 Å². The Balaban J connectivity index is 1.40. The Labute approximate surface area is 210 Å². The summed E-state index contributed by atoms with van der Waals surface area (Å²) in [7, 11) is 0. The number of fused-ring (bicyclic) bond motifs is 2. The van der Waals surface area contributed by atoms with E-state index in [4.69, 9.17) is 4.98 Å². The van der Waals surface area contributed by atoms with Crippen molar-refractivity contribution in [3.8, 4) is 33.2 Å². The summed E-state index contributed by atoms with van der Waals surface area (Å²) in [6, 6.07) is 10.0. The first-order chi connectivity index (χ1) is 17.6. The van der Waals surface area contributed by atoms with Crippen LogP contribution in [0, 0.1) is 6.92 Å². The molecular formula is C26H22N8OS. The van der Waals surface area contributed by atoms with E-state index in [9.17, 15) is 4.79 Å². The molecule has 0 atom stereocenters. The highest BCUT2D eigenvalue weighted by Gasteiger charge is 2.17. The van der Waals surface area contributed by atoms with Gasteiger partial charge in [-0.3, -0.25) is 19.9 Å². The molecule has 0 bridgehead atoms. The SMILES string of the molecule is CCCC(=O)Nc1cncc(-c2cc3c(-c4nc5c(-c6ccc(C)s6)ccnc5[nH]4)n[nH]c3cn2)c1. The lowest BCUT2D eigenvalue weighted by Crippen LogP contribution is -2.10. The van der Waals surface area contributed by atoms with Gasteiger partial charge in [-0.2, -0.15) is 5.10 Å². The molecule has 3 N–H and O–H groups in total. The zero-order chi connectivity index (χ0) is 24.6. The van der Waals surface area contributed by atoms with Gasteiger partial charge in [0.1, 0.15) is 11.2 Å². The van der Waals surface area contributed by atoms with Crippen molar-refractivity contribution in [2.45, 2.75) is 26.7 Å². The zero-order valence-corrected chi connectivity index (χ0v) is 20.5. The van der Waals surface area contributed by atoms with Crippen molar-refractivity contribution in [2.24, 2.45) is 0 Å². The molecule has 0 aromatic carbocycles. The number of pyridine rings is 3. The number of rotatable bonds is 6. The highest BCUT2D eigenvalue weighted by molar-refractivity contribution is 7.15. The molecule has 6 aromatic heterocycles. The Hall–Kier alpha value is -4.44. The van der Waals surface area contributed by atoms with Crippen molar-refractivity contribution in [2.75, 3.05) is 5.32 Å². The lowest BCUT2D eigenvalue weighted by Gasteiger charge is -2.06. The van der Waals surface area contributed by atoms with Gasteiger partial charge < -0.3 is 10.3 Å². The van der Waals surface area contributed by atoms with Crippen molar-refractivity contribution in [1.82, 2.24) is 35.1 Å². The van der Waals surface area contributed by atoms with Crippen molar-refractivity contribution in [3.05, 3.63) is 60.0 Å². The summed E-state index contributed by atoms with van der Waals surface area (Å²) < 4.78 is 0. The number of aryl methyl sites for hydroxylation is 1. The van der Waals surface area contributed by atoms with E-state index in [-0.39, 0.29) is 5.91 Å². The zero-order valence-electron chi connectivity index (χ0n) is 19.7. The number of H-pyrrole nitrogens is 2. The van der Waals surface area contributed by atoms with E-state index in [1.54, 1.807) is 36.1 Å². The van der Waals surface area contributed by atoms with Crippen LogP contribution in [-0.2, 0) is 4.79 Å². The van der Waals surface area contributed by atoms with Crippen LogP contribution in [0.1, 0.15) is 24.6 Å². The Kier molecular flexibility index (Phi) is 5.49. The number of imidazole rings is 1. The van der Waals surface area contributed by atoms with Gasteiger partial charge in [0.25, 0.3) is 0 Å². The van der Waals surface area contributed by atoms with Crippen LogP contribution in [0.4, 0.5) is 5.69 Å². The summed E-state index contributed by atoms with van der Waals surface area (Å²) in [6.07, 6.45) is 8.14. The average molecular weight is 495 g/mol. The maximum absolute atomic E-state index is 12.0. The van der Waals surface area contributed by atoms with E-state index >= 15 is 0 Å². The van der Waals surface area contributed by atoms with Gasteiger partial charge in [0.05, 0.1) is 29.3 Å². The van der Waals surface area contributed by atoms with Gasteiger partial charge in [-0.15, -0.1) is 11.3 Å². The van der Waals surface area contributed by atoms with Crippen LogP contribution in [-0.4, -0.2) is 41.0 Å². The number of carbonyl (C=O) groups is 1. The van der Waals surface area contributed by atoms with E-state index in [0.29, 0.717) is 35.0 Å². The second-order valence-electron chi connectivity index (χ2n) is 8.50. The van der Waals surface area contributed by atoms with E-state index in [2.05, 4.69) is 54.5 Å². The molecule has 0 aliphatic heterocycles. The summed E-state index contributed by atoms with van der Waals surface area (Å²) >= 11 is 1.73. The molecule has 1 amide bonds. The minimum atomic E-state index is -0.0347. The topological polar surface area (TPSA) is 125 Å². The largest absolute Gasteiger partial charge is 0.325 e. The normalized spacial score (nSPS) is 11.4. The van der Waals surface area contributed by atoms with Crippen molar-refractivity contribution >= 4 is 45.0 Å². The number of nitrogens with one attached hydrogen (secondary N) is 3. The second-order valence-corrected chi connectivity index (χ2v) is 9.79. The van der Waals surface area contributed by atoms with Crippen LogP contribution >= 0.6 is 11.3 Å². The van der Waals surface area contributed by atoms with Gasteiger partial charge in [0.15, 0.2) is 11.5 Å². The average Bonchev–Trinajstić information content (AvgIpc) is 3.61. The Morgan fingerprint density at radius 1 is 1.11 bits per heavy atom. The number of aromatic amines is 2. The second kappa shape index (κ2) is 8.97. The molecule has 0 aliphatic carbocycles. The quantitative estimate of drug-likeness (QED) is 0.271. The number of anilines is 1. The molecule has 0 fully saturated rings. The molecule has 0 saturated heterocycles. The van der Waals surface area contributed by atoms with Crippen LogP contribution in [0.25, 0.3) is 55.3 Å². The predicted molar refractivity (Wildman–Crippen MR) is 142 cm³/mol. The standard InChI is InChI=1S/C26H22N8OS/c1-3-4-22(35)30-16-9-15(11-27-12-16)19-10-18-20(13-29-19)33-34-24(18)26-31-23-17(7-8-28-25(23)32-26)21-6-5-14(2)36-21/h5-13H,3-4H2,1-2H3,(H,30,35)(H,33,34)(H,28,31,32). The fraction of sp³-hybridized carbons (Fsp3) is 0.154. The number of hydrogen-bond donors (Lipinski definition) is 3. The smallest absolute Gasteiger partial charge is 0.224 e. The van der Waals surface area contributed by atoms with Crippen molar-refractivity contribution in [3.63, 3.8) is 0 Å². The fourth-order valence-corrected chi connectivity index (χ4v) is 5.05. The minimum absolute atomic E-state index is 0.0347. The first-order valence-electron chi connectivity index (χ1n) is 11.6. The van der Waals surface area contributed by atoms with Gasteiger partial charge >= 0.3 is 0 Å². The monoisotopic (exact) mass is 494 g/mol. The lowest BCUT2D eigenvalue weighted by atomic mass is 10.1. The third-order valence-electron chi connectivity index (χ3n) is 5.86. The maximum Gasteiger partial charge on any atom is 0.224 e. The van der Waals surface area contributed by atoms with Crippen LogP contribution in [0.2, 0.25) is 0 Å². The summed E-state index contributed by atoms with van der Waals surface area (Å²) in [5, 5.41) is 11.3. The first kappa shape index (κ1) is 22.1. The molecule has 10 heteroatoms. The molecule has 6 rings (SSSR count). The molecular weight excluding hydrogens is 472 g/mol. The molecule has 0 spiro atoms. The first-order valence-corrected chi connectivity index (χ1v) is 12.4. The number of nitrogens with zero attached hydrogens (tertiary/aromatic N) is 5. The molecule has 0 radical (unpaired) electrons. The minimum Gasteiger partial charge on any atom is -0.325 e. The van der Waals surface area contributed by atoms with Gasteiger partial charge in [0.2, 0.25) is 5.91 Å². The molecule has 0 saturated carbocycles. The number of hydrogen-bond acceptors (Lipinski definition) is 7. The molecule has 0 unspecified atom stereocenters. The van der Waals surface area contributed by atoms with E-state index < -0.39 is 0 Å². The number of carbonyl (C=O) groups excluding carboxylic acids is 1. The van der Waals surface area contributed by atoms with Gasteiger partial charge in [-0.1, -0.05) is 6.92 Å². The predicted octanol–water partition coefficient (Wildman–Crippen LogP) is 5.73. The Bertz CT molecular complexity index is 1730. The molecule has 9 nitrogen and oxygen atoms in total. The van der Waals surface area contributed by atoms with Crippen LogP contribution in [0.15, 0.2) is 55.1 Å². The lowest BCUT2D eigenvalue weighted by molar-refractivity contribution is -0.116. The maximum atomic E-state index is 12.0. The summed E-state index contributed by atoms with van der Waals surface area (Å²) in [4.78, 5) is 36.0. The number of aromatic nitrogens is 7. The summed E-state index contributed by atoms with van der Waals surface area (Å²) in [6.45, 7) is 4.06. The number of amides is 1. The fourth-order valence-electron chi connectivity index (χ4n) is 4.15. The van der Waals surface area contributed by atoms with Crippen LogP contribution in [0.3, 0.4) is 0 Å². The van der Waals surface area contributed by atoms with Gasteiger partial charge in [-0.25, -0.2) is 9.97 Å². The van der Waals surface area contributed by atoms with E-state index in [1.165, 1.54) is 4.88 Å². The molecule has 6 aromatic rings. The highest BCUT2D eigenvalue weighted by Crippen LogP contribution is 2.34. The summed E-state index contributed by atoms with van der Waals surface area (Å²) in [5.74, 6) is 0.591. The highest BCUT2D eigenvalue weighted by atomic mass is 32.1. The molecule has 178 valence electrons. The van der Waals surface area contributed by atoms with Gasteiger partial charge in [-0.05, 0) is 43.7 Å². The van der Waals surface area contributed by atoms with E-state index in [1.807, 2.05) is 25.1 Å². The van der Waals surface area contributed by atoms with Crippen molar-refractivity contribution < 1.29 is 4.79 Å². The Morgan fingerprint density at radius 3 is 2.86 bits per heavy atom. The molecule has 0 aliphatic rings. The molecule has 36 heavy (non-hydrogen) atoms. The number of thiophene rings is 1. The van der Waals surface area contributed by atoms with Crippen LogP contribution < -0.4 is 5.32 Å². The van der Waals surface area contributed by atoms with Crippen molar-refractivity contribution in [1.29, 1.82) is 0 Å². The van der Waals surface area contributed by atoms with E-state index in [0.717, 1.165) is 38.8 Å². The summed E-state index contributed by atoms with van der Waals surface area (Å²) in [5.41, 5.74) is 6.17. The van der Waals surface area contributed by atoms with Gasteiger partial charge in [0, 0.05) is 45.1 Å². The third-order valence-corrected chi connectivity index (χ3v) is 6.89. The third kappa shape index (κ3) is 4.01. The molecule has 6 heterocycles. The Morgan fingerprint density at radius 2 is 2.03 bits per heavy atom.